The van der Waals surface area contributed by atoms with Crippen LogP contribution in [0, 0.1) is 0 Å². The number of fused-ring (bicyclic) bond motifs is 1. The zero-order valence-electron chi connectivity index (χ0n) is 12.4. The van der Waals surface area contributed by atoms with Gasteiger partial charge in [-0.15, -0.1) is 11.3 Å². The summed E-state index contributed by atoms with van der Waals surface area (Å²) in [6, 6.07) is 17.1. The van der Waals surface area contributed by atoms with Crippen LogP contribution in [0.4, 0.5) is 0 Å². The number of H-pyrrole nitrogens is 1. The summed E-state index contributed by atoms with van der Waals surface area (Å²) < 4.78 is 0.941. The number of aromatic nitrogens is 1. The lowest BCUT2D eigenvalue weighted by molar-refractivity contribution is 0.483. The Hall–Kier alpha value is -2.37. The van der Waals surface area contributed by atoms with E-state index in [4.69, 9.17) is 0 Å². The zero-order chi connectivity index (χ0) is 16.7. The zero-order valence-corrected chi connectivity index (χ0v) is 14.8. The molecule has 2 aromatic heterocycles. The number of hydrogen-bond donors (Lipinski definition) is 2. The highest BCUT2D eigenvalue weighted by Crippen LogP contribution is 2.43. The summed E-state index contributed by atoms with van der Waals surface area (Å²) in [5.74, 6) is 0.0203. The van der Waals surface area contributed by atoms with Gasteiger partial charge < -0.3 is 10.1 Å². The summed E-state index contributed by atoms with van der Waals surface area (Å²) in [6.07, 6.45) is 0. The van der Waals surface area contributed by atoms with Crippen molar-refractivity contribution in [2.45, 2.75) is 0 Å². The Labute approximate surface area is 150 Å². The second-order valence-electron chi connectivity index (χ2n) is 5.38. The molecule has 0 aliphatic carbocycles. The highest BCUT2D eigenvalue weighted by molar-refractivity contribution is 9.10. The van der Waals surface area contributed by atoms with Crippen molar-refractivity contribution in [2.24, 2.45) is 0 Å². The smallest absolute Gasteiger partial charge is 0.260 e. The van der Waals surface area contributed by atoms with E-state index in [0.717, 1.165) is 15.6 Å². The molecule has 118 valence electrons. The minimum absolute atomic E-state index is 0.0203. The molecule has 0 fully saturated rings. The van der Waals surface area contributed by atoms with Crippen LogP contribution in [0.5, 0.6) is 5.75 Å². The number of nitrogens with one attached hydrogen (secondary N) is 1. The maximum Gasteiger partial charge on any atom is 0.260 e. The minimum Gasteiger partial charge on any atom is -0.506 e. The van der Waals surface area contributed by atoms with Gasteiger partial charge in [0.2, 0.25) is 0 Å². The molecule has 0 unspecified atom stereocenters. The summed E-state index contributed by atoms with van der Waals surface area (Å²) in [7, 11) is 0. The number of rotatable bonds is 2. The maximum atomic E-state index is 12.4. The average Bonchev–Trinajstić information content (AvgIpc) is 3.00. The van der Waals surface area contributed by atoms with Gasteiger partial charge in [0, 0.05) is 15.4 Å². The van der Waals surface area contributed by atoms with Crippen LogP contribution in [0.1, 0.15) is 0 Å². The van der Waals surface area contributed by atoms with Crippen LogP contribution in [0.2, 0.25) is 0 Å². The van der Waals surface area contributed by atoms with Crippen molar-refractivity contribution >= 4 is 37.5 Å². The lowest BCUT2D eigenvalue weighted by Crippen LogP contribution is -2.08. The Bertz CT molecular complexity index is 1100. The third-order valence-corrected chi connectivity index (χ3v) is 5.53. The van der Waals surface area contributed by atoms with Gasteiger partial charge in [0.25, 0.3) is 5.56 Å². The van der Waals surface area contributed by atoms with Crippen LogP contribution in [0.15, 0.2) is 69.2 Å². The molecule has 0 amide bonds. The van der Waals surface area contributed by atoms with Crippen molar-refractivity contribution in [1.82, 2.24) is 4.98 Å². The summed E-state index contributed by atoms with van der Waals surface area (Å²) in [5.41, 5.74) is 2.59. The molecule has 0 aliphatic rings. The van der Waals surface area contributed by atoms with Gasteiger partial charge in [-0.1, -0.05) is 64.5 Å². The van der Waals surface area contributed by atoms with E-state index in [2.05, 4.69) is 20.9 Å². The molecule has 2 aromatic carbocycles. The van der Waals surface area contributed by atoms with Gasteiger partial charge >= 0.3 is 0 Å². The van der Waals surface area contributed by atoms with Crippen LogP contribution in [0.3, 0.4) is 0 Å². The van der Waals surface area contributed by atoms with E-state index in [1.807, 2.05) is 60.0 Å². The van der Waals surface area contributed by atoms with Gasteiger partial charge in [0.15, 0.2) is 0 Å². The van der Waals surface area contributed by atoms with Gasteiger partial charge in [0.1, 0.15) is 10.6 Å². The van der Waals surface area contributed by atoms with E-state index in [0.29, 0.717) is 21.3 Å². The molecule has 4 aromatic rings. The number of aromatic hydroxyl groups is 1. The summed E-state index contributed by atoms with van der Waals surface area (Å²) >= 11 is 4.97. The molecular weight excluding hydrogens is 386 g/mol. The topological polar surface area (TPSA) is 53.1 Å². The maximum absolute atomic E-state index is 12.4. The van der Waals surface area contributed by atoms with Crippen LogP contribution in [-0.2, 0) is 0 Å². The average molecular weight is 398 g/mol. The fraction of sp³-hybridized carbons (Fsp3) is 0. The number of pyridine rings is 1. The third-order valence-electron chi connectivity index (χ3n) is 3.95. The first-order valence-corrected chi connectivity index (χ1v) is 9.01. The predicted molar refractivity (Wildman–Crippen MR) is 103 cm³/mol. The first kappa shape index (κ1) is 15.2. The van der Waals surface area contributed by atoms with Gasteiger partial charge in [-0.2, -0.15) is 0 Å². The minimum atomic E-state index is -0.285. The molecule has 2 heterocycles. The quantitative estimate of drug-likeness (QED) is 0.476. The molecule has 5 heteroatoms. The molecule has 0 spiro atoms. The fourth-order valence-corrected chi connectivity index (χ4v) is 4.29. The molecule has 4 rings (SSSR count). The molecule has 0 bridgehead atoms. The van der Waals surface area contributed by atoms with E-state index in [9.17, 15) is 9.90 Å². The highest BCUT2D eigenvalue weighted by Gasteiger charge is 2.19. The molecule has 0 radical (unpaired) electrons. The first-order valence-electron chi connectivity index (χ1n) is 7.33. The lowest BCUT2D eigenvalue weighted by Gasteiger charge is -2.08. The number of halogens is 1. The Morgan fingerprint density at radius 3 is 2.42 bits per heavy atom. The van der Waals surface area contributed by atoms with E-state index in [-0.39, 0.29) is 11.3 Å². The molecule has 0 aliphatic heterocycles. The van der Waals surface area contributed by atoms with Gasteiger partial charge in [0.05, 0.1) is 10.9 Å². The molecule has 2 N–H and O–H groups in total. The number of aromatic amines is 1. The molecule has 0 saturated heterocycles. The van der Waals surface area contributed by atoms with Crippen molar-refractivity contribution in [1.29, 1.82) is 0 Å². The Morgan fingerprint density at radius 2 is 1.67 bits per heavy atom. The molecular formula is C19H12BrNO2S. The SMILES string of the molecule is O=c1[nH]c2scc(-c3ccccc3Br)c2c(O)c1-c1ccccc1. The second-order valence-corrected chi connectivity index (χ2v) is 7.11. The molecule has 0 atom stereocenters. The van der Waals surface area contributed by atoms with Crippen LogP contribution < -0.4 is 5.56 Å². The number of thiophene rings is 1. The first-order chi connectivity index (χ1) is 11.7. The van der Waals surface area contributed by atoms with Crippen LogP contribution >= 0.6 is 27.3 Å². The van der Waals surface area contributed by atoms with Crippen molar-refractivity contribution in [2.75, 3.05) is 0 Å². The van der Waals surface area contributed by atoms with E-state index in [1.165, 1.54) is 11.3 Å². The largest absolute Gasteiger partial charge is 0.506 e. The Kier molecular flexibility index (Phi) is 3.75. The highest BCUT2D eigenvalue weighted by atomic mass is 79.9. The van der Waals surface area contributed by atoms with Crippen LogP contribution in [0.25, 0.3) is 32.5 Å². The van der Waals surface area contributed by atoms with Gasteiger partial charge in [-0.3, -0.25) is 4.79 Å². The molecule has 3 nitrogen and oxygen atoms in total. The summed E-state index contributed by atoms with van der Waals surface area (Å²) in [4.78, 5) is 16.0. The predicted octanol–water partition coefficient (Wildman–Crippen LogP) is 5.39. The lowest BCUT2D eigenvalue weighted by atomic mass is 10.0. The van der Waals surface area contributed by atoms with Gasteiger partial charge in [-0.25, -0.2) is 0 Å². The standard InChI is InChI=1S/C19H12BrNO2S/c20-14-9-5-4-8-12(14)13-10-24-19-16(13)17(22)15(18(23)21-19)11-6-2-1-3-7-11/h1-10H,(H2,21,22,23). The summed E-state index contributed by atoms with van der Waals surface area (Å²) in [5, 5.41) is 13.5. The summed E-state index contributed by atoms with van der Waals surface area (Å²) in [6.45, 7) is 0. The number of hydrogen-bond acceptors (Lipinski definition) is 3. The normalized spacial score (nSPS) is 11.0. The fourth-order valence-electron chi connectivity index (χ4n) is 2.83. The van der Waals surface area contributed by atoms with E-state index in [1.54, 1.807) is 0 Å². The Balaban J connectivity index is 2.07. The van der Waals surface area contributed by atoms with Crippen molar-refractivity contribution < 1.29 is 5.11 Å². The number of benzene rings is 2. The van der Waals surface area contributed by atoms with Gasteiger partial charge in [-0.05, 0) is 17.2 Å². The van der Waals surface area contributed by atoms with Crippen molar-refractivity contribution in [3.63, 3.8) is 0 Å². The van der Waals surface area contributed by atoms with E-state index < -0.39 is 0 Å². The molecule has 0 saturated carbocycles. The van der Waals surface area contributed by atoms with Crippen molar-refractivity contribution in [3.05, 3.63) is 74.8 Å². The van der Waals surface area contributed by atoms with E-state index >= 15 is 0 Å². The Morgan fingerprint density at radius 1 is 0.958 bits per heavy atom. The third kappa shape index (κ3) is 2.37. The monoisotopic (exact) mass is 397 g/mol. The second kappa shape index (κ2) is 5.92. The van der Waals surface area contributed by atoms with Crippen LogP contribution in [-0.4, -0.2) is 10.1 Å². The molecule has 24 heavy (non-hydrogen) atoms. The van der Waals surface area contributed by atoms with Crippen molar-refractivity contribution in [3.8, 4) is 28.0 Å².